The fourth-order valence-electron chi connectivity index (χ4n) is 3.90. The van der Waals surface area contributed by atoms with Crippen molar-refractivity contribution in [2.45, 2.75) is 39.5 Å². The minimum absolute atomic E-state index is 0.754. The minimum atomic E-state index is 0.754. The van der Waals surface area contributed by atoms with Gasteiger partial charge in [-0.15, -0.1) is 0 Å². The van der Waals surface area contributed by atoms with Gasteiger partial charge in [-0.3, -0.25) is 0 Å². The van der Waals surface area contributed by atoms with Crippen molar-refractivity contribution in [1.29, 1.82) is 0 Å². The number of likely N-dealkylation sites (N-methyl/N-ethyl adjacent to an activating group) is 1. The molecular formula is C23H37N5. The van der Waals surface area contributed by atoms with Crippen LogP contribution in [0.5, 0.6) is 0 Å². The summed E-state index contributed by atoms with van der Waals surface area (Å²) < 4.78 is 0. The molecule has 0 bridgehead atoms. The van der Waals surface area contributed by atoms with E-state index in [4.69, 9.17) is 5.73 Å². The first-order valence-corrected chi connectivity index (χ1v) is 10.4. The van der Waals surface area contributed by atoms with Gasteiger partial charge in [0.2, 0.25) is 0 Å². The van der Waals surface area contributed by atoms with Gasteiger partial charge in [-0.25, -0.2) is 4.99 Å². The molecule has 3 N–H and O–H groups in total. The fourth-order valence-corrected chi connectivity index (χ4v) is 3.90. The molecule has 1 aromatic carbocycles. The molecule has 0 amide bonds. The second-order valence-electron chi connectivity index (χ2n) is 7.44. The summed E-state index contributed by atoms with van der Waals surface area (Å²) in [4.78, 5) is 9.24. The third-order valence-corrected chi connectivity index (χ3v) is 5.53. The van der Waals surface area contributed by atoms with Crippen molar-refractivity contribution in [3.8, 4) is 0 Å². The Hall–Kier alpha value is -2.27. The molecule has 0 unspecified atom stereocenters. The van der Waals surface area contributed by atoms with Gasteiger partial charge in [-0.05, 0) is 68.4 Å². The van der Waals surface area contributed by atoms with Gasteiger partial charge in [-0.2, -0.15) is 0 Å². The molecule has 0 spiro atoms. The Morgan fingerprint density at radius 3 is 2.32 bits per heavy atom. The minimum Gasteiger partial charge on any atom is -0.402 e. The summed E-state index contributed by atoms with van der Waals surface area (Å²) in [5.74, 6) is 1.02. The Bertz CT molecular complexity index is 702. The first-order valence-electron chi connectivity index (χ1n) is 10.4. The molecule has 1 fully saturated rings. The quantitative estimate of drug-likeness (QED) is 0.529. The molecule has 0 aromatic heterocycles. The van der Waals surface area contributed by atoms with Crippen LogP contribution in [0.15, 0.2) is 51.9 Å². The number of allylic oxidation sites excluding steroid dienone is 3. The van der Waals surface area contributed by atoms with Crippen LogP contribution in [-0.2, 0) is 6.42 Å². The van der Waals surface area contributed by atoms with Crippen molar-refractivity contribution < 1.29 is 0 Å². The van der Waals surface area contributed by atoms with Gasteiger partial charge in [-0.1, -0.05) is 26.0 Å². The smallest absolute Gasteiger partial charge is 0.131 e. The van der Waals surface area contributed by atoms with Crippen LogP contribution in [0.1, 0.15) is 38.7 Å². The Labute approximate surface area is 171 Å². The number of rotatable bonds is 8. The van der Waals surface area contributed by atoms with Crippen molar-refractivity contribution in [2.24, 2.45) is 10.7 Å². The summed E-state index contributed by atoms with van der Waals surface area (Å²) >= 11 is 0. The average molecular weight is 384 g/mol. The maximum absolute atomic E-state index is 6.62. The Kier molecular flexibility index (Phi) is 8.58. The summed E-state index contributed by atoms with van der Waals surface area (Å²) in [5.41, 5.74) is 12.4. The van der Waals surface area contributed by atoms with Crippen LogP contribution >= 0.6 is 0 Å². The third kappa shape index (κ3) is 5.61. The normalized spacial score (nSPS) is 17.5. The Morgan fingerprint density at radius 2 is 1.75 bits per heavy atom. The first kappa shape index (κ1) is 22.0. The average Bonchev–Trinajstić information content (AvgIpc) is 2.93. The number of nitrogens with zero attached hydrogens (tertiary/aromatic N) is 3. The number of nitrogens with one attached hydrogen (secondary N) is 1. The molecule has 2 rings (SSSR count). The van der Waals surface area contributed by atoms with E-state index in [0.29, 0.717) is 0 Å². The predicted octanol–water partition coefficient (Wildman–Crippen LogP) is 3.85. The third-order valence-electron chi connectivity index (χ3n) is 5.53. The van der Waals surface area contributed by atoms with Crippen molar-refractivity contribution in [3.63, 3.8) is 0 Å². The molecule has 1 heterocycles. The summed E-state index contributed by atoms with van der Waals surface area (Å²) in [6.45, 7) is 12.4. The van der Waals surface area contributed by atoms with Gasteiger partial charge in [0.1, 0.15) is 5.82 Å². The molecule has 1 saturated heterocycles. The van der Waals surface area contributed by atoms with Gasteiger partial charge in [0.15, 0.2) is 0 Å². The van der Waals surface area contributed by atoms with E-state index in [-0.39, 0.29) is 0 Å². The van der Waals surface area contributed by atoms with Crippen LogP contribution in [0.2, 0.25) is 0 Å². The van der Waals surface area contributed by atoms with E-state index in [1.807, 2.05) is 7.05 Å². The highest BCUT2D eigenvalue weighted by Crippen LogP contribution is 2.28. The molecule has 0 radical (unpaired) electrons. The number of anilines is 1. The highest BCUT2D eigenvalue weighted by molar-refractivity contribution is 5.46. The summed E-state index contributed by atoms with van der Waals surface area (Å²) in [7, 11) is 4.12. The predicted molar refractivity (Wildman–Crippen MR) is 122 cm³/mol. The molecule has 5 nitrogen and oxygen atoms in total. The lowest BCUT2D eigenvalue weighted by molar-refractivity contribution is 0.322. The van der Waals surface area contributed by atoms with Crippen LogP contribution in [0.3, 0.4) is 0 Å². The van der Waals surface area contributed by atoms with Crippen LogP contribution in [0.4, 0.5) is 5.69 Å². The molecule has 28 heavy (non-hydrogen) atoms. The number of hydrogen-bond donors (Lipinski definition) is 2. The van der Waals surface area contributed by atoms with Crippen molar-refractivity contribution in [2.75, 3.05) is 45.6 Å². The fraction of sp³-hybridized carbons (Fsp3) is 0.522. The van der Waals surface area contributed by atoms with Crippen LogP contribution in [0.25, 0.3) is 0 Å². The maximum Gasteiger partial charge on any atom is 0.131 e. The summed E-state index contributed by atoms with van der Waals surface area (Å²) in [5, 5.41) is 3.16. The van der Waals surface area contributed by atoms with Gasteiger partial charge < -0.3 is 20.9 Å². The molecule has 0 aliphatic carbocycles. The van der Waals surface area contributed by atoms with E-state index in [9.17, 15) is 0 Å². The lowest BCUT2D eigenvalue weighted by Gasteiger charge is -2.27. The Balaban J connectivity index is 2.35. The van der Waals surface area contributed by atoms with Gasteiger partial charge in [0, 0.05) is 44.5 Å². The van der Waals surface area contributed by atoms with Gasteiger partial charge in [0.25, 0.3) is 0 Å². The molecule has 0 atom stereocenters. The zero-order chi connectivity index (χ0) is 20.5. The van der Waals surface area contributed by atoms with E-state index in [0.717, 1.165) is 69.1 Å². The standard InChI is InChI=1S/C23H37N5/c1-6-20(22(24)17-18-9-11-19(25-3)12-10-18)21(7-2)23(26-4)28-14-8-13-27(5)15-16-28/h9-12,25H,4,6-8,13-17,24H2,1-3,5H3/b22-20+,23-21+. The van der Waals surface area contributed by atoms with Crippen LogP contribution < -0.4 is 11.1 Å². The topological polar surface area (TPSA) is 56.9 Å². The maximum atomic E-state index is 6.62. The SMILES string of the molecule is C=N/C(=C(CC)\C(CC)=C(\N)Cc1ccc(NC)cc1)N1CCCN(C)CC1. The second kappa shape index (κ2) is 10.9. The van der Waals surface area contributed by atoms with E-state index >= 15 is 0 Å². The number of nitrogens with two attached hydrogens (primary N) is 1. The van der Waals surface area contributed by atoms with Crippen LogP contribution in [0, 0.1) is 0 Å². The molecule has 0 saturated carbocycles. The molecule has 1 aliphatic heterocycles. The van der Waals surface area contributed by atoms with Crippen molar-refractivity contribution in [1.82, 2.24) is 9.80 Å². The molecule has 5 heteroatoms. The van der Waals surface area contributed by atoms with Gasteiger partial charge >= 0.3 is 0 Å². The van der Waals surface area contributed by atoms with E-state index < -0.39 is 0 Å². The van der Waals surface area contributed by atoms with E-state index in [1.54, 1.807) is 0 Å². The van der Waals surface area contributed by atoms with Crippen molar-refractivity contribution >= 4 is 12.4 Å². The number of hydrogen-bond acceptors (Lipinski definition) is 5. The molecule has 1 aromatic rings. The summed E-state index contributed by atoms with van der Waals surface area (Å²) in [6.07, 6.45) is 3.70. The molecular weight excluding hydrogens is 346 g/mol. The largest absolute Gasteiger partial charge is 0.402 e. The lowest BCUT2D eigenvalue weighted by Crippen LogP contribution is -2.29. The zero-order valence-corrected chi connectivity index (χ0v) is 18.1. The van der Waals surface area contributed by atoms with Crippen molar-refractivity contribution in [3.05, 3.63) is 52.5 Å². The lowest BCUT2D eigenvalue weighted by atomic mass is 9.95. The monoisotopic (exact) mass is 383 g/mol. The van der Waals surface area contributed by atoms with E-state index in [1.165, 1.54) is 16.7 Å². The highest BCUT2D eigenvalue weighted by atomic mass is 15.3. The molecule has 1 aliphatic rings. The van der Waals surface area contributed by atoms with E-state index in [2.05, 4.69) is 72.0 Å². The zero-order valence-electron chi connectivity index (χ0n) is 18.1. The number of aliphatic imine (C=N–C) groups is 1. The first-order chi connectivity index (χ1) is 13.5. The van der Waals surface area contributed by atoms with Crippen LogP contribution in [-0.4, -0.2) is 56.8 Å². The summed E-state index contributed by atoms with van der Waals surface area (Å²) in [6, 6.07) is 8.46. The number of benzene rings is 1. The molecule has 154 valence electrons. The highest BCUT2D eigenvalue weighted by Gasteiger charge is 2.19. The van der Waals surface area contributed by atoms with Gasteiger partial charge in [0.05, 0.1) is 0 Å². The Morgan fingerprint density at radius 1 is 1.07 bits per heavy atom. The second-order valence-corrected chi connectivity index (χ2v) is 7.44.